The number of hydrogen-bond donors (Lipinski definition) is 1. The van der Waals surface area contributed by atoms with E-state index in [1.54, 1.807) is 18.2 Å². The van der Waals surface area contributed by atoms with E-state index < -0.39 is 9.85 Å². The maximum atomic E-state index is 11.7. The van der Waals surface area contributed by atoms with Crippen LogP contribution in [0.2, 0.25) is 0 Å². The zero-order valence-electron chi connectivity index (χ0n) is 16.9. The molecule has 168 valence electrons. The Morgan fingerprint density at radius 2 is 1.74 bits per heavy atom. The molecular formula is C21H12N6O4S3. The molecule has 1 N–H and O–H groups in total. The van der Waals surface area contributed by atoms with Crippen LogP contribution in [-0.2, 0) is 0 Å². The van der Waals surface area contributed by atoms with E-state index in [0.717, 1.165) is 14.6 Å². The van der Waals surface area contributed by atoms with Crippen LogP contribution >= 0.6 is 34.4 Å². The summed E-state index contributed by atoms with van der Waals surface area (Å²) in [5.41, 5.74) is 4.72. The zero-order valence-corrected chi connectivity index (χ0v) is 19.4. The molecule has 0 radical (unpaired) electrons. The zero-order chi connectivity index (χ0) is 23.7. The second kappa shape index (κ2) is 9.13. The number of anilines is 1. The molecule has 5 rings (SSSR count). The summed E-state index contributed by atoms with van der Waals surface area (Å²) in [6.07, 6.45) is 1.45. The summed E-state index contributed by atoms with van der Waals surface area (Å²) >= 11 is 3.95. The maximum absolute atomic E-state index is 11.7. The van der Waals surface area contributed by atoms with Crippen molar-refractivity contribution in [1.29, 1.82) is 0 Å². The first kappa shape index (κ1) is 21.9. The number of fused-ring (bicyclic) bond motifs is 2. The van der Waals surface area contributed by atoms with E-state index in [1.807, 2.05) is 24.3 Å². The van der Waals surface area contributed by atoms with Gasteiger partial charge in [0.2, 0.25) is 5.13 Å². The van der Waals surface area contributed by atoms with Gasteiger partial charge in [-0.1, -0.05) is 41.3 Å². The number of nitro groups is 2. The molecule has 0 saturated carbocycles. The first-order chi connectivity index (χ1) is 16.5. The summed E-state index contributed by atoms with van der Waals surface area (Å²) < 4.78 is 2.40. The van der Waals surface area contributed by atoms with Crippen LogP contribution in [0.25, 0.3) is 20.4 Å². The molecule has 5 aromatic rings. The minimum absolute atomic E-state index is 0.0117. The van der Waals surface area contributed by atoms with Crippen molar-refractivity contribution >= 4 is 77.6 Å². The molecule has 0 aliphatic carbocycles. The van der Waals surface area contributed by atoms with Gasteiger partial charge >= 0.3 is 0 Å². The van der Waals surface area contributed by atoms with Gasteiger partial charge in [0.15, 0.2) is 4.34 Å². The SMILES string of the molecule is O=[N+]([O-])c1ccc2nc(NN=Cc3ccc(Sc4nc5ccccc5s4)c([N+](=O)[O-])c3)sc2c1. The third kappa shape index (κ3) is 4.57. The van der Waals surface area contributed by atoms with Crippen molar-refractivity contribution in [1.82, 2.24) is 9.97 Å². The highest BCUT2D eigenvalue weighted by Gasteiger charge is 2.17. The van der Waals surface area contributed by atoms with E-state index in [2.05, 4.69) is 20.5 Å². The number of hydrogen-bond acceptors (Lipinski definition) is 11. The largest absolute Gasteiger partial charge is 0.283 e. The number of hydrazone groups is 1. The molecule has 0 atom stereocenters. The first-order valence-corrected chi connectivity index (χ1v) is 12.1. The average Bonchev–Trinajstić information content (AvgIpc) is 3.42. The van der Waals surface area contributed by atoms with Gasteiger partial charge in [0.25, 0.3) is 11.4 Å². The number of nitro benzene ring substituents is 2. The van der Waals surface area contributed by atoms with Crippen molar-refractivity contribution < 1.29 is 9.85 Å². The average molecular weight is 509 g/mol. The molecule has 0 spiro atoms. The van der Waals surface area contributed by atoms with Crippen LogP contribution in [0.3, 0.4) is 0 Å². The van der Waals surface area contributed by atoms with Gasteiger partial charge < -0.3 is 0 Å². The summed E-state index contributed by atoms with van der Waals surface area (Å²) in [6.45, 7) is 0. The lowest BCUT2D eigenvalue weighted by molar-refractivity contribution is -0.387. The Morgan fingerprint density at radius 3 is 2.53 bits per heavy atom. The maximum Gasteiger partial charge on any atom is 0.283 e. The third-order valence-electron chi connectivity index (χ3n) is 4.61. The van der Waals surface area contributed by atoms with E-state index in [0.29, 0.717) is 25.8 Å². The molecule has 13 heteroatoms. The van der Waals surface area contributed by atoms with Crippen molar-refractivity contribution in [3.63, 3.8) is 0 Å². The van der Waals surface area contributed by atoms with Crippen LogP contribution in [0.5, 0.6) is 0 Å². The Labute approximate surface area is 203 Å². The smallest absolute Gasteiger partial charge is 0.258 e. The minimum atomic E-state index is -0.462. The molecule has 0 fully saturated rings. The number of para-hydroxylation sites is 1. The molecule has 0 unspecified atom stereocenters. The number of rotatable bonds is 7. The predicted octanol–water partition coefficient (Wildman–Crippen LogP) is 6.32. The molecular weight excluding hydrogens is 496 g/mol. The van der Waals surface area contributed by atoms with Gasteiger partial charge in [-0.05, 0) is 24.3 Å². The van der Waals surface area contributed by atoms with Crippen LogP contribution in [0.15, 0.2) is 75.0 Å². The lowest BCUT2D eigenvalue weighted by atomic mass is 10.2. The number of nitrogens with zero attached hydrogens (tertiary/aromatic N) is 5. The Hall–Kier alpha value is -3.94. The summed E-state index contributed by atoms with van der Waals surface area (Å²) in [7, 11) is 0. The van der Waals surface area contributed by atoms with Crippen molar-refractivity contribution in [2.24, 2.45) is 5.10 Å². The number of thiazole rings is 2. The quantitative estimate of drug-likeness (QED) is 0.153. The molecule has 0 aliphatic rings. The Balaban J connectivity index is 1.33. The molecule has 10 nitrogen and oxygen atoms in total. The van der Waals surface area contributed by atoms with Crippen molar-refractivity contribution in [3.8, 4) is 0 Å². The lowest BCUT2D eigenvalue weighted by Gasteiger charge is -2.02. The summed E-state index contributed by atoms with van der Waals surface area (Å²) in [5, 5.41) is 27.1. The number of nitrogens with one attached hydrogen (secondary N) is 1. The van der Waals surface area contributed by atoms with Gasteiger partial charge in [-0.25, -0.2) is 9.97 Å². The first-order valence-electron chi connectivity index (χ1n) is 9.62. The lowest BCUT2D eigenvalue weighted by Crippen LogP contribution is -1.94. The molecule has 0 aliphatic heterocycles. The van der Waals surface area contributed by atoms with Gasteiger partial charge in [-0.3, -0.25) is 25.7 Å². The van der Waals surface area contributed by atoms with Gasteiger partial charge in [-0.15, -0.1) is 11.3 Å². The van der Waals surface area contributed by atoms with E-state index >= 15 is 0 Å². The second-order valence-corrected chi connectivity index (χ2v) is 10.2. The molecule has 3 aromatic carbocycles. The normalized spacial score (nSPS) is 11.4. The number of aromatic nitrogens is 2. The Kier molecular flexibility index (Phi) is 5.88. The highest BCUT2D eigenvalue weighted by Crippen LogP contribution is 2.39. The fraction of sp³-hybridized carbons (Fsp3) is 0. The summed E-state index contributed by atoms with van der Waals surface area (Å²) in [4.78, 5) is 31.0. The van der Waals surface area contributed by atoms with Crippen LogP contribution in [-0.4, -0.2) is 26.0 Å². The van der Waals surface area contributed by atoms with Crippen LogP contribution in [0.4, 0.5) is 16.5 Å². The van der Waals surface area contributed by atoms with Crippen LogP contribution in [0.1, 0.15) is 5.56 Å². The van der Waals surface area contributed by atoms with Crippen LogP contribution in [0, 0.1) is 20.2 Å². The topological polar surface area (TPSA) is 136 Å². The van der Waals surface area contributed by atoms with E-state index in [4.69, 9.17) is 0 Å². The highest BCUT2D eigenvalue weighted by molar-refractivity contribution is 8.01. The summed E-state index contributed by atoms with van der Waals surface area (Å²) in [5.74, 6) is 0. The fourth-order valence-electron chi connectivity index (χ4n) is 3.07. The van der Waals surface area contributed by atoms with Crippen molar-refractivity contribution in [2.45, 2.75) is 9.24 Å². The minimum Gasteiger partial charge on any atom is -0.258 e. The Morgan fingerprint density at radius 1 is 0.912 bits per heavy atom. The number of benzene rings is 3. The molecule has 0 amide bonds. The molecule has 2 aromatic heterocycles. The van der Waals surface area contributed by atoms with E-state index in [9.17, 15) is 20.2 Å². The number of non-ortho nitro benzene ring substituents is 1. The fourth-order valence-corrected chi connectivity index (χ4v) is 6.03. The molecule has 0 saturated heterocycles. The molecule has 34 heavy (non-hydrogen) atoms. The Bertz CT molecular complexity index is 1560. The highest BCUT2D eigenvalue weighted by atomic mass is 32.2. The molecule has 0 bridgehead atoms. The van der Waals surface area contributed by atoms with Gasteiger partial charge in [0.1, 0.15) is 0 Å². The predicted molar refractivity (Wildman–Crippen MR) is 134 cm³/mol. The van der Waals surface area contributed by atoms with Gasteiger partial charge in [-0.2, -0.15) is 5.10 Å². The third-order valence-corrected chi connectivity index (χ3v) is 7.69. The van der Waals surface area contributed by atoms with Gasteiger partial charge in [0, 0.05) is 23.8 Å². The van der Waals surface area contributed by atoms with E-state index in [-0.39, 0.29) is 11.4 Å². The van der Waals surface area contributed by atoms with Crippen LogP contribution < -0.4 is 5.43 Å². The van der Waals surface area contributed by atoms with E-state index in [1.165, 1.54) is 58.8 Å². The monoisotopic (exact) mass is 508 g/mol. The van der Waals surface area contributed by atoms with Crippen molar-refractivity contribution in [3.05, 3.63) is 86.5 Å². The standard InChI is InChI=1S/C21H12N6O4S3/c28-26(29)13-6-7-15-19(10-13)32-20(23-15)25-22-11-12-5-8-18(16(9-12)27(30)31)34-21-24-14-3-1-2-4-17(14)33-21/h1-11H,(H,23,25). The molecule has 2 heterocycles. The van der Waals surface area contributed by atoms with Gasteiger partial charge in [0.05, 0.1) is 41.4 Å². The summed E-state index contributed by atoms with van der Waals surface area (Å²) in [6, 6.07) is 17.0. The van der Waals surface area contributed by atoms with Crippen molar-refractivity contribution in [2.75, 3.05) is 5.43 Å². The second-order valence-electron chi connectivity index (χ2n) is 6.83.